The fourth-order valence-electron chi connectivity index (χ4n) is 8.84. The Labute approximate surface area is 218 Å². The van der Waals surface area contributed by atoms with Crippen molar-refractivity contribution in [2.24, 2.45) is 16.7 Å². The lowest BCUT2D eigenvalue weighted by molar-refractivity contribution is -0.114. The van der Waals surface area contributed by atoms with E-state index in [1.54, 1.807) is 5.57 Å². The van der Waals surface area contributed by atoms with Gasteiger partial charge in [0.2, 0.25) is 8.32 Å². The first kappa shape index (κ1) is 24.7. The summed E-state index contributed by atoms with van der Waals surface area (Å²) in [5.41, 5.74) is 5.45. The molecule has 5 aliphatic rings. The predicted molar refractivity (Wildman–Crippen MR) is 148 cm³/mol. The molecule has 3 atom stereocenters. The quantitative estimate of drug-likeness (QED) is 0.426. The van der Waals surface area contributed by atoms with Gasteiger partial charge in [-0.3, -0.25) is 4.79 Å². The Morgan fingerprint density at radius 1 is 1.00 bits per heavy atom. The molecule has 3 fully saturated rings. The number of hydrogen-bond acceptors (Lipinski definition) is 3. The van der Waals surface area contributed by atoms with E-state index in [2.05, 4.69) is 65.1 Å². The smallest absolute Gasteiger partial charge is 0.250 e. The molecule has 0 aromatic heterocycles. The number of ketones is 1. The Balaban J connectivity index is 1.43. The largest absolute Gasteiger partial charge is 0.544 e. The van der Waals surface area contributed by atoms with Gasteiger partial charge >= 0.3 is 0 Å². The molecule has 0 saturated heterocycles. The monoisotopic (exact) mass is 504 g/mol. The maximum Gasteiger partial charge on any atom is 0.250 e. The highest BCUT2D eigenvalue weighted by atomic mass is 28.4. The number of carbonyl (C=O) groups excluding carboxylic acids is 1. The number of fused-ring (bicyclic) bond motifs is 2. The van der Waals surface area contributed by atoms with Crippen molar-refractivity contribution in [1.29, 1.82) is 0 Å². The van der Waals surface area contributed by atoms with Gasteiger partial charge in [0.05, 0.1) is 5.60 Å². The topological polar surface area (TPSA) is 46.5 Å². The number of rotatable bonds is 3. The van der Waals surface area contributed by atoms with Crippen molar-refractivity contribution < 1.29 is 14.3 Å². The second kappa shape index (κ2) is 7.69. The van der Waals surface area contributed by atoms with Crippen LogP contribution in [0.5, 0.6) is 5.75 Å². The molecule has 5 aliphatic carbocycles. The van der Waals surface area contributed by atoms with Crippen molar-refractivity contribution in [2.45, 2.75) is 115 Å². The molecular weight excluding hydrogens is 460 g/mol. The average Bonchev–Trinajstić information content (AvgIpc) is 3.18. The zero-order valence-corrected chi connectivity index (χ0v) is 24.2. The van der Waals surface area contributed by atoms with Crippen LogP contribution >= 0.6 is 0 Å². The third-order valence-electron chi connectivity index (χ3n) is 12.0. The standard InChI is InChI=1S/C32H44O3Si/c1-29(2,3)36(5,6)35-24-11-7-21(8-12-24)26-20-30(4)31(15-17-32(30,34)18-16-31)27-14-9-22-19-23(33)10-13-25(22)28(26)27/h7-8,11-12,19,26-27,34H,9-10,13-18,20H2,1-6H3/t26-,27-,30+,31?,32?/m1/s1. The molecule has 6 rings (SSSR count). The highest BCUT2D eigenvalue weighted by Crippen LogP contribution is 2.78. The van der Waals surface area contributed by atoms with E-state index < -0.39 is 13.9 Å². The van der Waals surface area contributed by atoms with Gasteiger partial charge in [-0.05, 0) is 116 Å². The number of hydrogen-bond donors (Lipinski definition) is 1. The summed E-state index contributed by atoms with van der Waals surface area (Å²) < 4.78 is 6.60. The van der Waals surface area contributed by atoms with Crippen molar-refractivity contribution >= 4 is 14.1 Å². The molecule has 0 aliphatic heterocycles. The van der Waals surface area contributed by atoms with Crippen molar-refractivity contribution in [1.82, 2.24) is 0 Å². The zero-order chi connectivity index (χ0) is 25.7. The fraction of sp³-hybridized carbons (Fsp3) is 0.656. The van der Waals surface area contributed by atoms with E-state index in [1.807, 2.05) is 6.08 Å². The van der Waals surface area contributed by atoms with Crippen LogP contribution in [0.25, 0.3) is 0 Å². The Morgan fingerprint density at radius 2 is 1.67 bits per heavy atom. The van der Waals surface area contributed by atoms with E-state index in [9.17, 15) is 9.90 Å². The summed E-state index contributed by atoms with van der Waals surface area (Å²) >= 11 is 0. The van der Waals surface area contributed by atoms with Crippen LogP contribution in [0.2, 0.25) is 18.1 Å². The molecule has 36 heavy (non-hydrogen) atoms. The normalized spacial score (nSPS) is 37.9. The van der Waals surface area contributed by atoms with Gasteiger partial charge in [0.15, 0.2) is 5.78 Å². The molecule has 4 heteroatoms. The van der Waals surface area contributed by atoms with Gasteiger partial charge in [0.1, 0.15) is 5.75 Å². The number of allylic oxidation sites excluding steroid dienone is 4. The molecule has 2 bridgehead atoms. The van der Waals surface area contributed by atoms with Crippen molar-refractivity contribution in [3.05, 3.63) is 52.6 Å². The highest BCUT2D eigenvalue weighted by Gasteiger charge is 2.74. The lowest BCUT2D eigenvalue weighted by atomic mass is 9.46. The molecule has 0 amide bonds. The molecular formula is C32H44O3Si. The Kier molecular flexibility index (Phi) is 5.27. The third-order valence-corrected chi connectivity index (χ3v) is 16.3. The number of carbonyl (C=O) groups is 1. The van der Waals surface area contributed by atoms with Gasteiger partial charge in [0, 0.05) is 17.8 Å². The Bertz CT molecular complexity index is 1160. The van der Waals surface area contributed by atoms with Crippen LogP contribution in [0.3, 0.4) is 0 Å². The number of aliphatic hydroxyl groups is 1. The molecule has 0 spiro atoms. The van der Waals surface area contributed by atoms with Gasteiger partial charge < -0.3 is 9.53 Å². The lowest BCUT2D eigenvalue weighted by Crippen LogP contribution is -2.52. The Morgan fingerprint density at radius 3 is 2.31 bits per heavy atom. The van der Waals surface area contributed by atoms with Crippen LogP contribution in [0.4, 0.5) is 0 Å². The van der Waals surface area contributed by atoms with Gasteiger partial charge in [-0.2, -0.15) is 0 Å². The molecule has 1 aromatic carbocycles. The molecule has 0 unspecified atom stereocenters. The average molecular weight is 505 g/mol. The van der Waals surface area contributed by atoms with E-state index in [1.165, 1.54) is 16.7 Å². The van der Waals surface area contributed by atoms with Gasteiger partial charge in [-0.15, -0.1) is 0 Å². The van der Waals surface area contributed by atoms with Gasteiger partial charge in [0.25, 0.3) is 0 Å². The first-order valence-corrected chi connectivity index (χ1v) is 17.2. The van der Waals surface area contributed by atoms with Crippen molar-refractivity contribution in [3.63, 3.8) is 0 Å². The van der Waals surface area contributed by atoms with E-state index in [0.29, 0.717) is 24.0 Å². The Hall–Kier alpha value is -1.65. The van der Waals surface area contributed by atoms with Crippen LogP contribution in [0.15, 0.2) is 47.1 Å². The predicted octanol–water partition coefficient (Wildman–Crippen LogP) is 7.87. The van der Waals surface area contributed by atoms with E-state index in [0.717, 1.165) is 57.1 Å². The molecule has 0 radical (unpaired) electrons. The second-order valence-corrected chi connectivity index (χ2v) is 19.1. The summed E-state index contributed by atoms with van der Waals surface area (Å²) in [6.07, 6.45) is 10.9. The van der Waals surface area contributed by atoms with Crippen LogP contribution in [-0.4, -0.2) is 24.8 Å². The van der Waals surface area contributed by atoms with Crippen LogP contribution in [-0.2, 0) is 4.79 Å². The summed E-state index contributed by atoms with van der Waals surface area (Å²) in [6, 6.07) is 8.97. The summed E-state index contributed by atoms with van der Waals surface area (Å²) in [7, 11) is -1.89. The molecule has 0 heterocycles. The lowest BCUT2D eigenvalue weighted by Gasteiger charge is -2.58. The second-order valence-electron chi connectivity index (χ2n) is 14.4. The van der Waals surface area contributed by atoms with Gasteiger partial charge in [-0.1, -0.05) is 45.4 Å². The molecule has 3 saturated carbocycles. The highest BCUT2D eigenvalue weighted by molar-refractivity contribution is 6.74. The van der Waals surface area contributed by atoms with Gasteiger partial charge in [-0.25, -0.2) is 0 Å². The van der Waals surface area contributed by atoms with Crippen molar-refractivity contribution in [3.8, 4) is 5.75 Å². The van der Waals surface area contributed by atoms with E-state index >= 15 is 0 Å². The maximum absolute atomic E-state index is 12.3. The molecule has 194 valence electrons. The van der Waals surface area contributed by atoms with Crippen LogP contribution < -0.4 is 4.43 Å². The summed E-state index contributed by atoms with van der Waals surface area (Å²) in [5, 5.41) is 12.0. The molecule has 3 nitrogen and oxygen atoms in total. The summed E-state index contributed by atoms with van der Waals surface area (Å²) in [4.78, 5) is 12.3. The summed E-state index contributed by atoms with van der Waals surface area (Å²) in [6.45, 7) is 13.9. The molecule has 1 N–H and O–H groups in total. The van der Waals surface area contributed by atoms with Crippen molar-refractivity contribution in [2.75, 3.05) is 0 Å². The third kappa shape index (κ3) is 3.22. The first-order chi connectivity index (χ1) is 16.8. The minimum atomic E-state index is -1.89. The zero-order valence-electron chi connectivity index (χ0n) is 23.2. The SMILES string of the molecule is CC(C)(C)[Si](C)(C)Oc1ccc([C@H]2C[C@]3(C)C4(O)CCC3(CC4)[C@@H]3CCC4=CC(=O)CCC4=C32)cc1. The first-order valence-electron chi connectivity index (χ1n) is 14.3. The molecule has 1 aromatic rings. The minimum Gasteiger partial charge on any atom is -0.544 e. The van der Waals surface area contributed by atoms with Crippen LogP contribution in [0.1, 0.15) is 97.0 Å². The fourth-order valence-corrected chi connectivity index (χ4v) is 9.87. The minimum absolute atomic E-state index is 0.0403. The van der Waals surface area contributed by atoms with E-state index in [4.69, 9.17) is 4.43 Å². The summed E-state index contributed by atoms with van der Waals surface area (Å²) in [5.74, 6) is 2.11. The van der Waals surface area contributed by atoms with Crippen LogP contribution in [0, 0.1) is 16.7 Å². The number of benzene rings is 1. The maximum atomic E-state index is 12.3. The van der Waals surface area contributed by atoms with E-state index in [-0.39, 0.29) is 15.9 Å².